The van der Waals surface area contributed by atoms with Gasteiger partial charge >= 0.3 is 0 Å². The molecule has 134 valence electrons. The van der Waals surface area contributed by atoms with Crippen LogP contribution < -0.4 is 10.0 Å². The van der Waals surface area contributed by atoms with Crippen molar-refractivity contribution in [2.75, 3.05) is 0 Å². The third-order valence-electron chi connectivity index (χ3n) is 3.45. The summed E-state index contributed by atoms with van der Waals surface area (Å²) in [6.45, 7) is 3.60. The summed E-state index contributed by atoms with van der Waals surface area (Å²) in [5, 5.41) is 2.72. The zero-order chi connectivity index (χ0) is 18.4. The van der Waals surface area contributed by atoms with Gasteiger partial charge < -0.3 is 5.32 Å². The Balaban J connectivity index is 2.25. The van der Waals surface area contributed by atoms with Gasteiger partial charge in [0.1, 0.15) is 11.9 Å². The van der Waals surface area contributed by atoms with Crippen molar-refractivity contribution in [3.05, 3.63) is 66.0 Å². The Morgan fingerprint density at radius 1 is 1.04 bits per heavy atom. The van der Waals surface area contributed by atoms with E-state index in [1.165, 1.54) is 0 Å². The molecule has 0 heterocycles. The number of amides is 1. The van der Waals surface area contributed by atoms with E-state index in [0.29, 0.717) is 0 Å². The number of sulfonamides is 1. The second-order valence-electron chi connectivity index (χ2n) is 5.98. The van der Waals surface area contributed by atoms with Gasteiger partial charge in [-0.2, -0.15) is 4.72 Å². The Hall–Kier alpha value is -2.25. The molecule has 0 aliphatic carbocycles. The smallest absolute Gasteiger partial charge is 0.241 e. The van der Waals surface area contributed by atoms with Crippen molar-refractivity contribution in [3.63, 3.8) is 0 Å². The summed E-state index contributed by atoms with van der Waals surface area (Å²) in [7, 11) is -3.95. The van der Waals surface area contributed by atoms with Crippen molar-refractivity contribution in [3.8, 4) is 0 Å². The molecule has 0 saturated heterocycles. The molecule has 0 radical (unpaired) electrons. The fourth-order valence-electron chi connectivity index (χ4n) is 2.29. The highest BCUT2D eigenvalue weighted by molar-refractivity contribution is 7.89. The van der Waals surface area contributed by atoms with Gasteiger partial charge in [-0.1, -0.05) is 30.3 Å². The maximum absolute atomic E-state index is 13.0. The molecule has 0 aliphatic heterocycles. The molecule has 0 bridgehead atoms. The van der Waals surface area contributed by atoms with Crippen molar-refractivity contribution >= 4 is 15.9 Å². The minimum absolute atomic E-state index is 0.0932. The Labute approximate surface area is 147 Å². The predicted molar refractivity (Wildman–Crippen MR) is 93.9 cm³/mol. The van der Waals surface area contributed by atoms with Crippen LogP contribution in [0.1, 0.15) is 19.4 Å². The van der Waals surface area contributed by atoms with Crippen molar-refractivity contribution < 1.29 is 17.6 Å². The van der Waals surface area contributed by atoms with Crippen molar-refractivity contribution in [1.29, 1.82) is 0 Å². The number of hydrogen-bond acceptors (Lipinski definition) is 3. The summed E-state index contributed by atoms with van der Waals surface area (Å²) in [5.74, 6) is -0.943. The van der Waals surface area contributed by atoms with E-state index in [1.807, 2.05) is 30.3 Å². The number of carbonyl (C=O) groups is 1. The van der Waals surface area contributed by atoms with Gasteiger partial charge in [-0.05, 0) is 50.1 Å². The van der Waals surface area contributed by atoms with E-state index in [-0.39, 0.29) is 17.4 Å². The highest BCUT2D eigenvalue weighted by Crippen LogP contribution is 2.12. The van der Waals surface area contributed by atoms with E-state index in [4.69, 9.17) is 0 Å². The summed E-state index contributed by atoms with van der Waals surface area (Å²) in [6.07, 6.45) is 0.208. The SMILES string of the molecule is CC(C)NC(=O)[C@@H](Cc1ccccc1)NS(=O)(=O)c1ccc(F)cc1. The van der Waals surface area contributed by atoms with Gasteiger partial charge in [0.15, 0.2) is 0 Å². The molecular formula is C18H21FN2O3S. The molecule has 0 saturated carbocycles. The molecule has 1 atom stereocenters. The van der Waals surface area contributed by atoms with Gasteiger partial charge in [0.05, 0.1) is 4.90 Å². The largest absolute Gasteiger partial charge is 0.353 e. The lowest BCUT2D eigenvalue weighted by Crippen LogP contribution is -2.49. The van der Waals surface area contributed by atoms with Gasteiger partial charge in [0, 0.05) is 6.04 Å². The van der Waals surface area contributed by atoms with Crippen molar-refractivity contribution in [2.24, 2.45) is 0 Å². The van der Waals surface area contributed by atoms with Crippen LogP contribution in [0.5, 0.6) is 0 Å². The molecule has 7 heteroatoms. The molecule has 2 aromatic carbocycles. The Morgan fingerprint density at radius 3 is 2.20 bits per heavy atom. The maximum Gasteiger partial charge on any atom is 0.241 e. The highest BCUT2D eigenvalue weighted by atomic mass is 32.2. The average molecular weight is 364 g/mol. The number of nitrogens with one attached hydrogen (secondary N) is 2. The second kappa shape index (κ2) is 8.22. The lowest BCUT2D eigenvalue weighted by Gasteiger charge is -2.20. The predicted octanol–water partition coefficient (Wildman–Crippen LogP) is 2.24. The van der Waals surface area contributed by atoms with Gasteiger partial charge in [0.25, 0.3) is 0 Å². The number of benzene rings is 2. The van der Waals surface area contributed by atoms with Crippen LogP contribution >= 0.6 is 0 Å². The van der Waals surface area contributed by atoms with Crippen LogP contribution in [0.2, 0.25) is 0 Å². The van der Waals surface area contributed by atoms with Crippen LogP contribution in [0.4, 0.5) is 4.39 Å². The topological polar surface area (TPSA) is 75.3 Å². The summed E-state index contributed by atoms with van der Waals surface area (Å²) in [4.78, 5) is 12.3. The van der Waals surface area contributed by atoms with E-state index >= 15 is 0 Å². The number of halogens is 1. The summed E-state index contributed by atoms with van der Waals surface area (Å²) in [6, 6.07) is 12.5. The van der Waals surface area contributed by atoms with Gasteiger partial charge in [-0.15, -0.1) is 0 Å². The average Bonchev–Trinajstić information content (AvgIpc) is 2.55. The summed E-state index contributed by atoms with van der Waals surface area (Å²) < 4.78 is 40.5. The van der Waals surface area contributed by atoms with Gasteiger partial charge in [-0.25, -0.2) is 12.8 Å². The van der Waals surface area contributed by atoms with Crippen LogP contribution in [0.25, 0.3) is 0 Å². The Bertz CT molecular complexity index is 806. The third-order valence-corrected chi connectivity index (χ3v) is 4.94. The molecule has 0 aliphatic rings. The van der Waals surface area contributed by atoms with E-state index in [2.05, 4.69) is 10.0 Å². The molecule has 0 aromatic heterocycles. The second-order valence-corrected chi connectivity index (χ2v) is 7.69. The first-order chi connectivity index (χ1) is 11.8. The lowest BCUT2D eigenvalue weighted by molar-refractivity contribution is -0.123. The Kier molecular flexibility index (Phi) is 6.27. The quantitative estimate of drug-likeness (QED) is 0.791. The summed E-state index contributed by atoms with van der Waals surface area (Å²) in [5.41, 5.74) is 0.827. The molecule has 2 N–H and O–H groups in total. The minimum atomic E-state index is -3.95. The fourth-order valence-corrected chi connectivity index (χ4v) is 3.49. The van der Waals surface area contributed by atoms with Gasteiger partial charge in [0.2, 0.25) is 15.9 Å². The van der Waals surface area contributed by atoms with Crippen LogP contribution in [-0.4, -0.2) is 26.4 Å². The number of hydrogen-bond donors (Lipinski definition) is 2. The molecule has 0 fully saturated rings. The molecule has 2 aromatic rings. The first-order valence-corrected chi connectivity index (χ1v) is 9.38. The Morgan fingerprint density at radius 2 is 1.64 bits per heavy atom. The normalized spacial score (nSPS) is 12.8. The molecule has 5 nitrogen and oxygen atoms in total. The third kappa shape index (κ3) is 5.65. The van der Waals surface area contributed by atoms with Gasteiger partial charge in [-0.3, -0.25) is 4.79 Å². The van der Waals surface area contributed by atoms with E-state index < -0.39 is 27.8 Å². The minimum Gasteiger partial charge on any atom is -0.353 e. The van der Waals surface area contributed by atoms with Crippen LogP contribution in [-0.2, 0) is 21.2 Å². The van der Waals surface area contributed by atoms with Crippen LogP contribution in [0.15, 0.2) is 59.5 Å². The number of carbonyl (C=O) groups excluding carboxylic acids is 1. The van der Waals surface area contributed by atoms with E-state index in [0.717, 1.165) is 29.8 Å². The molecule has 25 heavy (non-hydrogen) atoms. The molecular weight excluding hydrogens is 343 g/mol. The standard InChI is InChI=1S/C18H21FN2O3S/c1-13(2)20-18(22)17(12-14-6-4-3-5-7-14)21-25(23,24)16-10-8-15(19)9-11-16/h3-11,13,17,21H,12H2,1-2H3,(H,20,22)/t17-/m1/s1. The highest BCUT2D eigenvalue weighted by Gasteiger charge is 2.26. The van der Waals surface area contributed by atoms with Crippen LogP contribution in [0.3, 0.4) is 0 Å². The molecule has 1 amide bonds. The molecule has 2 rings (SSSR count). The summed E-state index contributed by atoms with van der Waals surface area (Å²) >= 11 is 0. The van der Waals surface area contributed by atoms with Crippen molar-refractivity contribution in [1.82, 2.24) is 10.0 Å². The first kappa shape index (κ1) is 19.1. The lowest BCUT2D eigenvalue weighted by atomic mass is 10.1. The number of rotatable bonds is 7. The van der Waals surface area contributed by atoms with E-state index in [1.54, 1.807) is 13.8 Å². The fraction of sp³-hybridized carbons (Fsp3) is 0.278. The zero-order valence-corrected chi connectivity index (χ0v) is 14.9. The molecule has 0 unspecified atom stereocenters. The van der Waals surface area contributed by atoms with E-state index in [9.17, 15) is 17.6 Å². The molecule has 0 spiro atoms. The van der Waals surface area contributed by atoms with Crippen LogP contribution in [0, 0.1) is 5.82 Å². The van der Waals surface area contributed by atoms with Crippen molar-refractivity contribution in [2.45, 2.75) is 37.2 Å². The first-order valence-electron chi connectivity index (χ1n) is 7.90. The maximum atomic E-state index is 13.0. The monoisotopic (exact) mass is 364 g/mol. The zero-order valence-electron chi connectivity index (χ0n) is 14.1.